The molecule has 5 heteroatoms. The summed E-state index contributed by atoms with van der Waals surface area (Å²) in [5.74, 6) is -0.815. The lowest BCUT2D eigenvalue weighted by Gasteiger charge is -2.14. The number of carbonyl (C=O) groups is 2. The molecule has 1 atom stereocenters. The number of hydrogen-bond donors (Lipinski definition) is 2. The number of hydrogen-bond acceptors (Lipinski definition) is 4. The number of ether oxygens (including phenoxy) is 1. The Labute approximate surface area is 217 Å². The molecule has 1 aromatic rings. The van der Waals surface area contributed by atoms with Crippen LogP contribution in [0.25, 0.3) is 0 Å². The molecule has 1 unspecified atom stereocenters. The molecule has 0 radical (unpaired) electrons. The van der Waals surface area contributed by atoms with Crippen molar-refractivity contribution in [2.75, 3.05) is 13.2 Å². The predicted molar refractivity (Wildman–Crippen MR) is 149 cm³/mol. The summed E-state index contributed by atoms with van der Waals surface area (Å²) in [4.78, 5) is 24.4. The smallest absolute Gasteiger partial charge is 0.341 e. The van der Waals surface area contributed by atoms with Gasteiger partial charge in [-0.15, -0.1) is 0 Å². The van der Waals surface area contributed by atoms with Gasteiger partial charge in [0.15, 0.2) is 0 Å². The van der Waals surface area contributed by atoms with Gasteiger partial charge in [-0.3, -0.25) is 4.79 Å². The Bertz CT molecular complexity index is 896. The third-order valence-corrected chi connectivity index (χ3v) is 5.46. The number of amides is 1. The van der Waals surface area contributed by atoms with Crippen LogP contribution in [0.4, 0.5) is 0 Å². The highest BCUT2D eigenvalue weighted by molar-refractivity contribution is 5.92. The topological polar surface area (TPSA) is 75.6 Å². The average Bonchev–Trinajstić information content (AvgIpc) is 2.88. The van der Waals surface area contributed by atoms with Crippen LogP contribution in [0, 0.1) is 5.92 Å². The molecule has 0 saturated heterocycles. The van der Waals surface area contributed by atoms with E-state index in [1.54, 1.807) is 12.1 Å². The molecular formula is C31H43NO4. The van der Waals surface area contributed by atoms with Gasteiger partial charge < -0.3 is 15.2 Å². The molecule has 0 aliphatic heterocycles. The second-order valence-electron chi connectivity index (χ2n) is 8.33. The monoisotopic (exact) mass is 493 g/mol. The van der Waals surface area contributed by atoms with Crippen molar-refractivity contribution in [3.05, 3.63) is 90.6 Å². The maximum absolute atomic E-state index is 12.4. The number of carbonyl (C=O) groups excluding carboxylic acids is 2. The molecule has 2 N–H and O–H groups in total. The molecule has 0 fully saturated rings. The van der Waals surface area contributed by atoms with Gasteiger partial charge >= 0.3 is 5.97 Å². The number of esters is 1. The van der Waals surface area contributed by atoms with Gasteiger partial charge in [-0.2, -0.15) is 0 Å². The second kappa shape index (κ2) is 21.0. The van der Waals surface area contributed by atoms with E-state index in [9.17, 15) is 14.7 Å². The molecule has 5 nitrogen and oxygen atoms in total. The third-order valence-electron chi connectivity index (χ3n) is 5.46. The Morgan fingerprint density at radius 2 is 1.42 bits per heavy atom. The molecular weight excluding hydrogens is 450 g/mol. The molecule has 0 saturated carbocycles. The molecule has 1 amide bonds. The van der Waals surface area contributed by atoms with Crippen molar-refractivity contribution < 1.29 is 19.4 Å². The molecule has 0 heterocycles. The first-order valence-corrected chi connectivity index (χ1v) is 13.1. The molecule has 0 spiro atoms. The number of para-hydroxylation sites is 1. The van der Waals surface area contributed by atoms with Gasteiger partial charge in [0.1, 0.15) is 17.9 Å². The lowest BCUT2D eigenvalue weighted by Crippen LogP contribution is -2.33. The number of rotatable bonds is 18. The van der Waals surface area contributed by atoms with Crippen LogP contribution in [-0.2, 0) is 9.53 Å². The highest BCUT2D eigenvalue weighted by atomic mass is 16.5. The molecule has 0 aliphatic rings. The van der Waals surface area contributed by atoms with Gasteiger partial charge in [-0.1, -0.05) is 86.7 Å². The van der Waals surface area contributed by atoms with Crippen LogP contribution in [0.2, 0.25) is 0 Å². The SMILES string of the molecule is CC/C=C\C/C=C\C/C=C\C/C=C\C/C=C\CCC(CC)C(=O)NCCOC(=O)c1ccccc1O. The van der Waals surface area contributed by atoms with Gasteiger partial charge in [0.25, 0.3) is 0 Å². The molecule has 0 aromatic heterocycles. The normalized spacial score (nSPS) is 12.9. The largest absolute Gasteiger partial charge is 0.507 e. The first kappa shape index (κ1) is 30.7. The fraction of sp³-hybridized carbons (Fsp3) is 0.419. The zero-order chi connectivity index (χ0) is 26.3. The molecule has 196 valence electrons. The fourth-order valence-corrected chi connectivity index (χ4v) is 3.37. The van der Waals surface area contributed by atoms with Crippen LogP contribution in [0.3, 0.4) is 0 Å². The van der Waals surface area contributed by atoms with E-state index in [0.29, 0.717) is 0 Å². The summed E-state index contributed by atoms with van der Waals surface area (Å²) < 4.78 is 5.13. The summed E-state index contributed by atoms with van der Waals surface area (Å²) in [6, 6.07) is 6.22. The predicted octanol–water partition coefficient (Wildman–Crippen LogP) is 7.22. The van der Waals surface area contributed by atoms with Crippen molar-refractivity contribution in [2.24, 2.45) is 5.92 Å². The minimum Gasteiger partial charge on any atom is -0.507 e. The Morgan fingerprint density at radius 1 is 0.861 bits per heavy atom. The lowest BCUT2D eigenvalue weighted by molar-refractivity contribution is -0.125. The van der Waals surface area contributed by atoms with E-state index in [1.165, 1.54) is 12.1 Å². The maximum atomic E-state index is 12.4. The molecule has 0 bridgehead atoms. The van der Waals surface area contributed by atoms with Gasteiger partial charge in [-0.05, 0) is 63.5 Å². The third kappa shape index (κ3) is 14.8. The highest BCUT2D eigenvalue weighted by Crippen LogP contribution is 2.16. The first-order valence-electron chi connectivity index (χ1n) is 13.1. The highest BCUT2D eigenvalue weighted by Gasteiger charge is 2.16. The van der Waals surface area contributed by atoms with Crippen LogP contribution in [0.1, 0.15) is 75.6 Å². The van der Waals surface area contributed by atoms with Gasteiger partial charge in [-0.25, -0.2) is 4.79 Å². The Hall–Kier alpha value is -3.34. The standard InChI is InChI=1S/C31H43NO4/c1-3-5-6-7-8-9-10-11-12-13-14-15-16-17-18-19-22-27(4-2)30(34)32-25-26-36-31(35)28-23-20-21-24-29(28)33/h5-6,8-9,11-12,14-15,17-18,20-21,23-24,27,33H,3-4,7,10,13,16,19,22,25-26H2,1-2H3,(H,32,34)/b6-5-,9-8-,12-11-,15-14-,18-17-. The molecule has 1 aromatic carbocycles. The van der Waals surface area contributed by atoms with Crippen LogP contribution in [-0.4, -0.2) is 30.1 Å². The van der Waals surface area contributed by atoms with Gasteiger partial charge in [0.05, 0.1) is 6.54 Å². The van der Waals surface area contributed by atoms with E-state index in [1.807, 2.05) is 6.92 Å². The minimum absolute atomic E-state index is 0.0246. The van der Waals surface area contributed by atoms with E-state index >= 15 is 0 Å². The zero-order valence-corrected chi connectivity index (χ0v) is 21.9. The van der Waals surface area contributed by atoms with E-state index in [0.717, 1.165) is 51.4 Å². The summed E-state index contributed by atoms with van der Waals surface area (Å²) in [5, 5.41) is 12.5. The van der Waals surface area contributed by atoms with E-state index in [2.05, 4.69) is 73.0 Å². The summed E-state index contributed by atoms with van der Waals surface area (Å²) >= 11 is 0. The van der Waals surface area contributed by atoms with Crippen LogP contribution >= 0.6 is 0 Å². The van der Waals surface area contributed by atoms with Crippen molar-refractivity contribution in [2.45, 2.75) is 65.2 Å². The zero-order valence-electron chi connectivity index (χ0n) is 21.9. The van der Waals surface area contributed by atoms with Gasteiger partial charge in [0, 0.05) is 5.92 Å². The van der Waals surface area contributed by atoms with Crippen molar-refractivity contribution in [1.29, 1.82) is 0 Å². The Kier molecular flexibility index (Phi) is 17.9. The lowest BCUT2D eigenvalue weighted by atomic mass is 9.99. The van der Waals surface area contributed by atoms with E-state index in [4.69, 9.17) is 4.74 Å². The average molecular weight is 494 g/mol. The molecule has 0 aliphatic carbocycles. The molecule has 1 rings (SSSR count). The first-order chi connectivity index (χ1) is 17.6. The Balaban J connectivity index is 2.13. The van der Waals surface area contributed by atoms with Crippen LogP contribution < -0.4 is 5.32 Å². The van der Waals surface area contributed by atoms with Crippen LogP contribution in [0.15, 0.2) is 85.0 Å². The minimum atomic E-state index is -0.604. The number of phenolic OH excluding ortho intramolecular Hbond substituents is 1. The number of nitrogens with one attached hydrogen (secondary N) is 1. The van der Waals surface area contributed by atoms with Gasteiger partial charge in [0.2, 0.25) is 5.91 Å². The van der Waals surface area contributed by atoms with E-state index in [-0.39, 0.29) is 36.3 Å². The van der Waals surface area contributed by atoms with Crippen molar-refractivity contribution in [3.8, 4) is 5.75 Å². The van der Waals surface area contributed by atoms with E-state index < -0.39 is 5.97 Å². The second-order valence-corrected chi connectivity index (χ2v) is 8.33. The number of aromatic hydroxyl groups is 1. The number of benzene rings is 1. The van der Waals surface area contributed by atoms with Crippen molar-refractivity contribution in [1.82, 2.24) is 5.32 Å². The number of phenols is 1. The van der Waals surface area contributed by atoms with Crippen molar-refractivity contribution in [3.63, 3.8) is 0 Å². The summed E-state index contributed by atoms with van der Waals surface area (Å²) in [5.41, 5.74) is 0.118. The summed E-state index contributed by atoms with van der Waals surface area (Å²) in [6.45, 7) is 4.45. The fourth-order valence-electron chi connectivity index (χ4n) is 3.37. The van der Waals surface area contributed by atoms with Crippen LogP contribution in [0.5, 0.6) is 5.75 Å². The summed E-state index contributed by atoms with van der Waals surface area (Å²) in [7, 11) is 0. The Morgan fingerprint density at radius 3 is 1.97 bits per heavy atom. The number of allylic oxidation sites excluding steroid dienone is 10. The quantitative estimate of drug-likeness (QED) is 0.129. The molecule has 36 heavy (non-hydrogen) atoms. The van der Waals surface area contributed by atoms with Crippen molar-refractivity contribution >= 4 is 11.9 Å². The maximum Gasteiger partial charge on any atom is 0.341 e. The summed E-state index contributed by atoms with van der Waals surface area (Å²) in [6.07, 6.45) is 29.0.